The van der Waals surface area contributed by atoms with Gasteiger partial charge >= 0.3 is 0 Å². The van der Waals surface area contributed by atoms with E-state index in [1.165, 1.54) is 6.33 Å². The second kappa shape index (κ2) is 7.03. The van der Waals surface area contributed by atoms with E-state index in [1.54, 1.807) is 34.1 Å². The molecule has 1 aromatic carbocycles. The minimum atomic E-state index is -0.318. The van der Waals surface area contributed by atoms with Gasteiger partial charge in [0.15, 0.2) is 11.5 Å². The highest BCUT2D eigenvalue weighted by molar-refractivity contribution is 5.97. The highest BCUT2D eigenvalue weighted by Gasteiger charge is 2.25. The number of likely N-dealkylation sites (tertiary alicyclic amines) is 1. The van der Waals surface area contributed by atoms with Gasteiger partial charge in [0.25, 0.3) is 5.91 Å². The number of benzene rings is 1. The van der Waals surface area contributed by atoms with Gasteiger partial charge in [-0.1, -0.05) is 0 Å². The summed E-state index contributed by atoms with van der Waals surface area (Å²) in [5.74, 6) is 0.728. The number of amides is 2. The standard InChI is InChI=1S/C17H19N5O4/c23-16(21-5-1-2-13(8-21)22-10-18-9-20-22)7-19-17(24)12-3-4-14-15(6-12)26-11-25-14/h3-4,6,9-10,13H,1-2,5,7-8,11H2,(H,19,24). The Kier molecular flexibility index (Phi) is 4.42. The Labute approximate surface area is 149 Å². The smallest absolute Gasteiger partial charge is 0.251 e. The second-order valence-corrected chi connectivity index (χ2v) is 6.26. The number of carbonyl (C=O) groups is 2. The maximum Gasteiger partial charge on any atom is 0.251 e. The van der Waals surface area contributed by atoms with Crippen molar-refractivity contribution in [3.05, 3.63) is 36.4 Å². The number of piperidine rings is 1. The number of nitrogens with zero attached hydrogens (tertiary/aromatic N) is 4. The van der Waals surface area contributed by atoms with Gasteiger partial charge in [-0.3, -0.25) is 9.59 Å². The minimum absolute atomic E-state index is 0.0443. The van der Waals surface area contributed by atoms with Crippen molar-refractivity contribution >= 4 is 11.8 Å². The average molecular weight is 357 g/mol. The Hall–Kier alpha value is -3.10. The predicted molar refractivity (Wildman–Crippen MR) is 89.8 cm³/mol. The van der Waals surface area contributed by atoms with Crippen LogP contribution in [0.2, 0.25) is 0 Å². The second-order valence-electron chi connectivity index (χ2n) is 6.26. The Morgan fingerprint density at radius 2 is 2.15 bits per heavy atom. The lowest BCUT2D eigenvalue weighted by molar-refractivity contribution is -0.131. The molecule has 1 aromatic heterocycles. The molecule has 1 N–H and O–H groups in total. The molecule has 2 aromatic rings. The average Bonchev–Trinajstić information content (AvgIpc) is 3.36. The fourth-order valence-electron chi connectivity index (χ4n) is 3.21. The summed E-state index contributed by atoms with van der Waals surface area (Å²) in [6.45, 7) is 1.37. The van der Waals surface area contributed by atoms with Crippen molar-refractivity contribution in [1.29, 1.82) is 0 Å². The van der Waals surface area contributed by atoms with Crippen LogP contribution in [0.3, 0.4) is 0 Å². The van der Waals surface area contributed by atoms with Crippen LogP contribution in [-0.4, -0.2) is 57.9 Å². The Balaban J connectivity index is 1.32. The van der Waals surface area contributed by atoms with Crippen LogP contribution in [0.4, 0.5) is 0 Å². The van der Waals surface area contributed by atoms with Crippen molar-refractivity contribution in [3.8, 4) is 11.5 Å². The molecule has 136 valence electrons. The van der Waals surface area contributed by atoms with Gasteiger partial charge in [0, 0.05) is 18.7 Å². The summed E-state index contributed by atoms with van der Waals surface area (Å²) >= 11 is 0. The molecule has 1 saturated heterocycles. The number of ether oxygens (including phenoxy) is 2. The summed E-state index contributed by atoms with van der Waals surface area (Å²) in [5.41, 5.74) is 0.432. The van der Waals surface area contributed by atoms with Crippen LogP contribution in [0.5, 0.6) is 11.5 Å². The lowest BCUT2D eigenvalue weighted by atomic mass is 10.1. The molecule has 9 heteroatoms. The molecule has 26 heavy (non-hydrogen) atoms. The van der Waals surface area contributed by atoms with Crippen LogP contribution in [0, 0.1) is 0 Å². The zero-order valence-corrected chi connectivity index (χ0v) is 14.1. The van der Waals surface area contributed by atoms with Crippen molar-refractivity contribution in [2.24, 2.45) is 0 Å². The van der Waals surface area contributed by atoms with Gasteiger partial charge in [-0.05, 0) is 31.0 Å². The van der Waals surface area contributed by atoms with Crippen LogP contribution >= 0.6 is 0 Å². The summed E-state index contributed by atoms with van der Waals surface area (Å²) in [5, 5.41) is 6.83. The lowest BCUT2D eigenvalue weighted by Gasteiger charge is -2.32. The Morgan fingerprint density at radius 3 is 3.00 bits per heavy atom. The third kappa shape index (κ3) is 3.32. The zero-order valence-electron chi connectivity index (χ0n) is 14.1. The van der Waals surface area contributed by atoms with Crippen LogP contribution in [-0.2, 0) is 4.79 Å². The molecule has 2 aliphatic heterocycles. The molecule has 0 saturated carbocycles. The largest absolute Gasteiger partial charge is 0.454 e. The molecule has 0 radical (unpaired) electrons. The third-order valence-electron chi connectivity index (χ3n) is 4.59. The summed E-state index contributed by atoms with van der Waals surface area (Å²) in [4.78, 5) is 30.5. The van der Waals surface area contributed by atoms with E-state index in [0.717, 1.165) is 12.8 Å². The fourth-order valence-corrected chi connectivity index (χ4v) is 3.21. The number of carbonyl (C=O) groups excluding carboxylic acids is 2. The number of rotatable bonds is 4. The maximum atomic E-state index is 12.5. The first-order valence-corrected chi connectivity index (χ1v) is 8.50. The number of hydrogen-bond donors (Lipinski definition) is 1. The third-order valence-corrected chi connectivity index (χ3v) is 4.59. The van der Waals surface area contributed by atoms with E-state index >= 15 is 0 Å². The van der Waals surface area contributed by atoms with Gasteiger partial charge < -0.3 is 19.7 Å². The molecule has 1 atom stereocenters. The summed E-state index contributed by atoms with van der Waals surface area (Å²) in [6, 6.07) is 5.07. The first kappa shape index (κ1) is 16.4. The summed E-state index contributed by atoms with van der Waals surface area (Å²) < 4.78 is 12.3. The van der Waals surface area contributed by atoms with E-state index < -0.39 is 0 Å². The number of aromatic nitrogens is 3. The molecular weight excluding hydrogens is 338 g/mol. The van der Waals surface area contributed by atoms with Crippen molar-refractivity contribution in [2.75, 3.05) is 26.4 Å². The molecule has 2 amide bonds. The molecular formula is C17H19N5O4. The van der Waals surface area contributed by atoms with Crippen LogP contribution in [0.25, 0.3) is 0 Å². The molecule has 3 heterocycles. The number of hydrogen-bond acceptors (Lipinski definition) is 6. The Bertz CT molecular complexity index is 807. The van der Waals surface area contributed by atoms with Crippen molar-refractivity contribution < 1.29 is 19.1 Å². The highest BCUT2D eigenvalue weighted by Crippen LogP contribution is 2.32. The van der Waals surface area contributed by atoms with Gasteiger partial charge in [-0.15, -0.1) is 0 Å². The normalized spacial score (nSPS) is 18.6. The minimum Gasteiger partial charge on any atom is -0.454 e. The van der Waals surface area contributed by atoms with Gasteiger partial charge in [-0.2, -0.15) is 5.10 Å². The number of nitrogens with one attached hydrogen (secondary N) is 1. The van der Waals surface area contributed by atoms with Crippen molar-refractivity contribution in [1.82, 2.24) is 25.0 Å². The molecule has 0 bridgehead atoms. The Morgan fingerprint density at radius 1 is 1.27 bits per heavy atom. The molecule has 0 aliphatic carbocycles. The lowest BCUT2D eigenvalue weighted by Crippen LogP contribution is -2.45. The van der Waals surface area contributed by atoms with E-state index in [4.69, 9.17) is 9.47 Å². The quantitative estimate of drug-likeness (QED) is 0.860. The molecule has 0 spiro atoms. The fraction of sp³-hybridized carbons (Fsp3) is 0.412. The van der Waals surface area contributed by atoms with E-state index in [9.17, 15) is 9.59 Å². The summed E-state index contributed by atoms with van der Waals surface area (Å²) in [6.07, 6.45) is 5.01. The van der Waals surface area contributed by atoms with E-state index in [1.807, 2.05) is 0 Å². The first-order valence-electron chi connectivity index (χ1n) is 8.50. The SMILES string of the molecule is O=C(NCC(=O)N1CCCC(n2cncn2)C1)c1ccc2c(c1)OCO2. The van der Waals surface area contributed by atoms with Crippen molar-refractivity contribution in [3.63, 3.8) is 0 Å². The van der Waals surface area contributed by atoms with Gasteiger partial charge in [0.2, 0.25) is 12.7 Å². The topological polar surface area (TPSA) is 98.6 Å². The zero-order chi connectivity index (χ0) is 17.9. The van der Waals surface area contributed by atoms with Crippen molar-refractivity contribution in [2.45, 2.75) is 18.9 Å². The van der Waals surface area contributed by atoms with E-state index in [0.29, 0.717) is 30.2 Å². The monoisotopic (exact) mass is 357 g/mol. The van der Waals surface area contributed by atoms with Crippen LogP contribution in [0.1, 0.15) is 29.2 Å². The van der Waals surface area contributed by atoms with E-state index in [2.05, 4.69) is 15.4 Å². The van der Waals surface area contributed by atoms with Crippen LogP contribution < -0.4 is 14.8 Å². The van der Waals surface area contributed by atoms with E-state index in [-0.39, 0.29) is 31.2 Å². The predicted octanol–water partition coefficient (Wildman–Crippen LogP) is 0.600. The molecule has 1 fully saturated rings. The number of fused-ring (bicyclic) bond motifs is 1. The van der Waals surface area contributed by atoms with Gasteiger partial charge in [0.05, 0.1) is 12.6 Å². The van der Waals surface area contributed by atoms with Crippen LogP contribution in [0.15, 0.2) is 30.9 Å². The maximum absolute atomic E-state index is 12.5. The molecule has 9 nitrogen and oxygen atoms in total. The molecule has 1 unspecified atom stereocenters. The summed E-state index contributed by atoms with van der Waals surface area (Å²) in [7, 11) is 0. The molecule has 2 aliphatic rings. The molecule has 4 rings (SSSR count). The first-order chi connectivity index (χ1) is 12.7. The highest BCUT2D eigenvalue weighted by atomic mass is 16.7. The van der Waals surface area contributed by atoms with Gasteiger partial charge in [-0.25, -0.2) is 9.67 Å². The van der Waals surface area contributed by atoms with Gasteiger partial charge in [0.1, 0.15) is 12.7 Å².